The van der Waals surface area contributed by atoms with Crippen LogP contribution in [0, 0.1) is 13.8 Å². The normalized spacial score (nSPS) is 15.1. The average molecular weight is 450 g/mol. The number of aryl methyl sites for hydroxylation is 2. The number of thioether (sulfide) groups is 1. The van der Waals surface area contributed by atoms with Crippen LogP contribution in [-0.2, 0) is 11.4 Å². The van der Waals surface area contributed by atoms with Crippen LogP contribution in [0.15, 0.2) is 71.6 Å². The molecular weight excluding hydrogens is 430 g/mol. The molecule has 0 N–H and O–H groups in total. The molecule has 1 aliphatic rings. The second-order valence-corrected chi connectivity index (χ2v) is 8.72. The first-order chi connectivity index (χ1) is 14.9. The number of amides is 2. The third-order valence-electron chi connectivity index (χ3n) is 4.90. The van der Waals surface area contributed by atoms with Gasteiger partial charge in [-0.25, -0.2) is 4.90 Å². The van der Waals surface area contributed by atoms with Gasteiger partial charge in [0.05, 0.1) is 10.6 Å². The number of carbonyl (C=O) groups is 2. The van der Waals surface area contributed by atoms with Gasteiger partial charge in [0.25, 0.3) is 11.1 Å². The highest BCUT2D eigenvalue weighted by atomic mass is 35.5. The summed E-state index contributed by atoms with van der Waals surface area (Å²) in [7, 11) is 0. The van der Waals surface area contributed by atoms with Crippen molar-refractivity contribution in [1.82, 2.24) is 0 Å². The Hall–Kier alpha value is -3.02. The molecule has 1 saturated heterocycles. The Labute approximate surface area is 190 Å². The van der Waals surface area contributed by atoms with E-state index in [9.17, 15) is 9.59 Å². The van der Waals surface area contributed by atoms with Gasteiger partial charge < -0.3 is 4.74 Å². The van der Waals surface area contributed by atoms with E-state index < -0.39 is 0 Å². The second-order valence-electron chi connectivity index (χ2n) is 7.29. The van der Waals surface area contributed by atoms with Gasteiger partial charge in [-0.15, -0.1) is 0 Å². The Morgan fingerprint density at radius 2 is 1.68 bits per heavy atom. The van der Waals surface area contributed by atoms with E-state index in [1.54, 1.807) is 6.08 Å². The zero-order valence-electron chi connectivity index (χ0n) is 17.1. The molecule has 4 rings (SSSR count). The molecule has 0 atom stereocenters. The monoisotopic (exact) mass is 449 g/mol. The summed E-state index contributed by atoms with van der Waals surface area (Å²) in [6, 6.07) is 20.7. The summed E-state index contributed by atoms with van der Waals surface area (Å²) in [4.78, 5) is 27.1. The zero-order chi connectivity index (χ0) is 22.0. The molecule has 0 unspecified atom stereocenters. The lowest BCUT2D eigenvalue weighted by Crippen LogP contribution is -2.28. The second kappa shape index (κ2) is 9.00. The molecule has 156 valence electrons. The summed E-state index contributed by atoms with van der Waals surface area (Å²) in [6.45, 7) is 4.27. The number of anilines is 1. The molecule has 1 aliphatic heterocycles. The van der Waals surface area contributed by atoms with Crippen molar-refractivity contribution >= 4 is 46.3 Å². The molecule has 6 heteroatoms. The molecule has 0 spiro atoms. The predicted molar refractivity (Wildman–Crippen MR) is 127 cm³/mol. The minimum atomic E-state index is -0.299. The van der Waals surface area contributed by atoms with E-state index in [1.165, 1.54) is 4.90 Å². The topological polar surface area (TPSA) is 46.6 Å². The van der Waals surface area contributed by atoms with Gasteiger partial charge >= 0.3 is 0 Å². The van der Waals surface area contributed by atoms with Crippen LogP contribution in [0.3, 0.4) is 0 Å². The van der Waals surface area contributed by atoms with Crippen molar-refractivity contribution in [1.29, 1.82) is 0 Å². The Kier molecular flexibility index (Phi) is 6.16. The highest BCUT2D eigenvalue weighted by molar-refractivity contribution is 8.19. The number of halogens is 1. The zero-order valence-corrected chi connectivity index (χ0v) is 18.7. The van der Waals surface area contributed by atoms with Gasteiger partial charge in [0.2, 0.25) is 0 Å². The molecule has 0 radical (unpaired) electrons. The predicted octanol–water partition coefficient (Wildman–Crippen LogP) is 6.78. The highest BCUT2D eigenvalue weighted by Crippen LogP contribution is 2.37. The molecule has 1 fully saturated rings. The molecule has 4 nitrogen and oxygen atoms in total. The quantitative estimate of drug-likeness (QED) is 0.403. The van der Waals surface area contributed by atoms with Crippen molar-refractivity contribution in [2.45, 2.75) is 20.5 Å². The van der Waals surface area contributed by atoms with Gasteiger partial charge in [-0.1, -0.05) is 48.0 Å². The SMILES string of the molecule is Cc1ccc(C)c(N2C(=O)S/C(=C\c3ccc(OCc4ccc(Cl)cc4)cc3)C2=O)c1. The number of rotatable bonds is 5. The summed E-state index contributed by atoms with van der Waals surface area (Å²) >= 11 is 6.85. The van der Waals surface area contributed by atoms with Gasteiger partial charge in [0, 0.05) is 5.02 Å². The van der Waals surface area contributed by atoms with Crippen LogP contribution in [-0.4, -0.2) is 11.1 Å². The molecule has 0 saturated carbocycles. The number of carbonyl (C=O) groups excluding carboxylic acids is 2. The number of imide groups is 1. The highest BCUT2D eigenvalue weighted by Gasteiger charge is 2.37. The summed E-state index contributed by atoms with van der Waals surface area (Å²) in [6.07, 6.45) is 1.74. The van der Waals surface area contributed by atoms with E-state index in [0.29, 0.717) is 22.2 Å². The van der Waals surface area contributed by atoms with Crippen LogP contribution >= 0.6 is 23.4 Å². The first-order valence-electron chi connectivity index (χ1n) is 9.73. The van der Waals surface area contributed by atoms with Gasteiger partial charge in [-0.3, -0.25) is 9.59 Å². The molecule has 0 bridgehead atoms. The maximum absolute atomic E-state index is 12.9. The Morgan fingerprint density at radius 3 is 2.39 bits per heavy atom. The first kappa shape index (κ1) is 21.2. The van der Waals surface area contributed by atoms with Crippen LogP contribution in [0.1, 0.15) is 22.3 Å². The summed E-state index contributed by atoms with van der Waals surface area (Å²) in [5.41, 5.74) is 4.37. The van der Waals surface area contributed by atoms with E-state index in [0.717, 1.165) is 39.8 Å². The van der Waals surface area contributed by atoms with Crippen LogP contribution in [0.2, 0.25) is 5.02 Å². The molecule has 0 aromatic heterocycles. The maximum atomic E-state index is 12.9. The first-order valence-corrected chi connectivity index (χ1v) is 10.9. The van der Waals surface area contributed by atoms with Gasteiger partial charge in [-0.05, 0) is 84.3 Å². The van der Waals surface area contributed by atoms with Gasteiger partial charge in [0.1, 0.15) is 12.4 Å². The number of nitrogens with zero attached hydrogens (tertiary/aromatic N) is 1. The van der Waals surface area contributed by atoms with Crippen LogP contribution < -0.4 is 9.64 Å². The number of hydrogen-bond acceptors (Lipinski definition) is 4. The lowest BCUT2D eigenvalue weighted by Gasteiger charge is -2.16. The lowest BCUT2D eigenvalue weighted by atomic mass is 10.1. The lowest BCUT2D eigenvalue weighted by molar-refractivity contribution is -0.113. The number of hydrogen-bond donors (Lipinski definition) is 0. The molecular formula is C25H20ClNO3S. The van der Waals surface area contributed by atoms with Crippen LogP contribution in [0.5, 0.6) is 5.75 Å². The van der Waals surface area contributed by atoms with E-state index in [-0.39, 0.29) is 11.1 Å². The van der Waals surface area contributed by atoms with E-state index in [1.807, 2.05) is 80.6 Å². The number of benzene rings is 3. The molecule has 1 heterocycles. The largest absolute Gasteiger partial charge is 0.489 e. The molecule has 2 amide bonds. The third kappa shape index (κ3) is 4.84. The van der Waals surface area contributed by atoms with Crippen LogP contribution in [0.4, 0.5) is 10.5 Å². The Balaban J connectivity index is 1.47. The van der Waals surface area contributed by atoms with Crippen molar-refractivity contribution in [3.05, 3.63) is 98.9 Å². The van der Waals surface area contributed by atoms with Crippen molar-refractivity contribution in [2.75, 3.05) is 4.90 Å². The van der Waals surface area contributed by atoms with Crippen molar-refractivity contribution in [3.63, 3.8) is 0 Å². The Morgan fingerprint density at radius 1 is 0.968 bits per heavy atom. The fraction of sp³-hybridized carbons (Fsp3) is 0.120. The fourth-order valence-corrected chi connectivity index (χ4v) is 4.15. The third-order valence-corrected chi connectivity index (χ3v) is 6.02. The Bertz CT molecular complexity index is 1170. The minimum absolute atomic E-state index is 0.284. The molecule has 31 heavy (non-hydrogen) atoms. The van der Waals surface area contributed by atoms with Crippen molar-refractivity contribution in [2.24, 2.45) is 0 Å². The fourth-order valence-electron chi connectivity index (χ4n) is 3.19. The van der Waals surface area contributed by atoms with E-state index in [4.69, 9.17) is 16.3 Å². The summed E-state index contributed by atoms with van der Waals surface area (Å²) in [5.74, 6) is 0.419. The summed E-state index contributed by atoms with van der Waals surface area (Å²) < 4.78 is 5.80. The van der Waals surface area contributed by atoms with Crippen molar-refractivity contribution in [3.8, 4) is 5.75 Å². The standard InChI is InChI=1S/C25H20ClNO3S/c1-16-3-4-17(2)22(13-16)27-24(28)23(31-25(27)29)14-18-7-11-21(12-8-18)30-15-19-5-9-20(26)10-6-19/h3-14H,15H2,1-2H3/b23-14-. The van der Waals surface area contributed by atoms with E-state index in [2.05, 4.69) is 0 Å². The smallest absolute Gasteiger partial charge is 0.298 e. The minimum Gasteiger partial charge on any atom is -0.489 e. The molecule has 0 aliphatic carbocycles. The maximum Gasteiger partial charge on any atom is 0.298 e. The van der Waals surface area contributed by atoms with Crippen LogP contribution in [0.25, 0.3) is 6.08 Å². The average Bonchev–Trinajstić information content (AvgIpc) is 3.03. The summed E-state index contributed by atoms with van der Waals surface area (Å²) in [5, 5.41) is 0.406. The van der Waals surface area contributed by atoms with Gasteiger partial charge in [0.15, 0.2) is 0 Å². The van der Waals surface area contributed by atoms with Crippen molar-refractivity contribution < 1.29 is 14.3 Å². The van der Waals surface area contributed by atoms with E-state index >= 15 is 0 Å². The number of ether oxygens (including phenoxy) is 1. The molecule has 3 aromatic rings. The van der Waals surface area contributed by atoms with Gasteiger partial charge in [-0.2, -0.15) is 0 Å². The molecule has 3 aromatic carbocycles.